The second-order valence-electron chi connectivity index (χ2n) is 6.47. The number of amides is 1. The molecule has 1 fully saturated rings. The molecule has 1 aliphatic rings. The molecule has 23 heavy (non-hydrogen) atoms. The van der Waals surface area contributed by atoms with E-state index >= 15 is 0 Å². The molecule has 126 valence electrons. The normalized spacial score (nSPS) is 19.9. The van der Waals surface area contributed by atoms with Crippen LogP contribution in [-0.2, 0) is 4.79 Å². The molecule has 2 heterocycles. The van der Waals surface area contributed by atoms with Gasteiger partial charge in [-0.05, 0) is 19.8 Å². The third kappa shape index (κ3) is 4.01. The molecule has 1 aliphatic heterocycles. The van der Waals surface area contributed by atoms with Crippen molar-refractivity contribution in [2.24, 2.45) is 5.92 Å². The molecule has 1 amide bonds. The molecule has 0 saturated carbocycles. The van der Waals surface area contributed by atoms with Crippen LogP contribution in [0, 0.1) is 17.2 Å². The van der Waals surface area contributed by atoms with Gasteiger partial charge >= 0.3 is 0 Å². The van der Waals surface area contributed by atoms with Gasteiger partial charge < -0.3 is 10.2 Å². The van der Waals surface area contributed by atoms with Crippen LogP contribution in [0.4, 0.5) is 5.13 Å². The smallest absolute Gasteiger partial charge is 0.238 e. The van der Waals surface area contributed by atoms with Gasteiger partial charge in [0, 0.05) is 37.8 Å². The Balaban J connectivity index is 1.90. The van der Waals surface area contributed by atoms with Crippen LogP contribution in [0.2, 0.25) is 0 Å². The summed E-state index contributed by atoms with van der Waals surface area (Å²) in [7, 11) is 0. The van der Waals surface area contributed by atoms with Gasteiger partial charge in [-0.25, -0.2) is 4.98 Å². The molecule has 1 aromatic rings. The third-order valence-electron chi connectivity index (χ3n) is 4.70. The molecule has 0 aromatic carbocycles. The van der Waals surface area contributed by atoms with Crippen molar-refractivity contribution in [1.29, 1.82) is 5.26 Å². The number of anilines is 1. The molecule has 6 nitrogen and oxygen atoms in total. The Hall–Kier alpha value is -1.65. The zero-order chi connectivity index (χ0) is 17.0. The lowest BCUT2D eigenvalue weighted by Gasteiger charge is -2.38. The van der Waals surface area contributed by atoms with Crippen LogP contribution in [0.1, 0.15) is 27.7 Å². The number of thiazole rings is 1. The van der Waals surface area contributed by atoms with Gasteiger partial charge in [0.05, 0.1) is 12.1 Å². The quantitative estimate of drug-likeness (QED) is 0.887. The van der Waals surface area contributed by atoms with Gasteiger partial charge in [-0.3, -0.25) is 9.69 Å². The zero-order valence-electron chi connectivity index (χ0n) is 14.2. The molecular formula is C16H25N5OS. The second kappa shape index (κ2) is 7.28. The Morgan fingerprint density at radius 3 is 2.52 bits per heavy atom. The molecule has 1 N–H and O–H groups in total. The highest BCUT2D eigenvalue weighted by atomic mass is 32.1. The van der Waals surface area contributed by atoms with Crippen molar-refractivity contribution in [2.45, 2.75) is 39.3 Å². The van der Waals surface area contributed by atoms with E-state index in [0.29, 0.717) is 0 Å². The van der Waals surface area contributed by atoms with Gasteiger partial charge in [-0.15, -0.1) is 11.3 Å². The third-order valence-corrected chi connectivity index (χ3v) is 5.53. The topological polar surface area (TPSA) is 72.3 Å². The van der Waals surface area contributed by atoms with E-state index < -0.39 is 5.54 Å². The molecule has 0 spiro atoms. The number of aromatic nitrogens is 1. The summed E-state index contributed by atoms with van der Waals surface area (Å²) < 4.78 is 0. The molecule has 0 radical (unpaired) electrons. The maximum atomic E-state index is 12.5. The summed E-state index contributed by atoms with van der Waals surface area (Å²) in [6.45, 7) is 10.9. The van der Waals surface area contributed by atoms with Crippen molar-refractivity contribution < 1.29 is 4.79 Å². The van der Waals surface area contributed by atoms with Crippen LogP contribution in [0.5, 0.6) is 0 Å². The van der Waals surface area contributed by atoms with Crippen LogP contribution in [-0.4, -0.2) is 53.6 Å². The minimum atomic E-state index is -0.825. The van der Waals surface area contributed by atoms with E-state index in [1.807, 2.05) is 32.3 Å². The lowest BCUT2D eigenvalue weighted by Crippen LogP contribution is -2.58. The van der Waals surface area contributed by atoms with Crippen LogP contribution >= 0.6 is 11.3 Å². The first-order chi connectivity index (χ1) is 10.9. The summed E-state index contributed by atoms with van der Waals surface area (Å²) in [5, 5.41) is 15.3. The van der Waals surface area contributed by atoms with Crippen molar-refractivity contribution in [1.82, 2.24) is 15.2 Å². The first-order valence-corrected chi connectivity index (χ1v) is 8.87. The molecular weight excluding hydrogens is 310 g/mol. The Morgan fingerprint density at radius 2 is 2.04 bits per heavy atom. The minimum absolute atomic E-state index is 0.0606. The first-order valence-electron chi connectivity index (χ1n) is 7.99. The first kappa shape index (κ1) is 17.7. The van der Waals surface area contributed by atoms with E-state index in [2.05, 4.69) is 26.2 Å². The summed E-state index contributed by atoms with van der Waals surface area (Å²) in [6, 6.07) is 1.99. The number of hydrogen-bond donors (Lipinski definition) is 1. The Bertz CT molecular complexity index is 560. The average molecular weight is 335 g/mol. The highest BCUT2D eigenvalue weighted by Crippen LogP contribution is 2.20. The summed E-state index contributed by atoms with van der Waals surface area (Å²) in [5.74, 6) is -0.0177. The van der Waals surface area contributed by atoms with E-state index in [9.17, 15) is 10.1 Å². The Labute approximate surface area is 142 Å². The van der Waals surface area contributed by atoms with Crippen LogP contribution in [0.3, 0.4) is 0 Å². The lowest BCUT2D eigenvalue weighted by molar-refractivity contribution is -0.127. The molecule has 0 bridgehead atoms. The standard InChI is InChI=1S/C16H25N5OS/c1-12(2)16(4,11-17)19-14(22)13(3)20-6-8-21(9-7-20)15-18-5-10-23-15/h5,10,12-13H,6-9H2,1-4H3,(H,19,22)/t13-,16-/m1/s1. The lowest BCUT2D eigenvalue weighted by atomic mass is 9.89. The monoisotopic (exact) mass is 335 g/mol. The molecule has 0 unspecified atom stereocenters. The molecule has 1 aromatic heterocycles. The number of carbonyl (C=O) groups is 1. The highest BCUT2D eigenvalue weighted by Gasteiger charge is 2.34. The number of nitrogens with one attached hydrogen (secondary N) is 1. The summed E-state index contributed by atoms with van der Waals surface area (Å²) in [6.07, 6.45) is 1.82. The van der Waals surface area contributed by atoms with Gasteiger partial charge in [0.25, 0.3) is 0 Å². The van der Waals surface area contributed by atoms with Gasteiger partial charge in [0.15, 0.2) is 5.13 Å². The Morgan fingerprint density at radius 1 is 1.39 bits per heavy atom. The van der Waals surface area contributed by atoms with Crippen molar-refractivity contribution >= 4 is 22.4 Å². The van der Waals surface area contributed by atoms with Gasteiger partial charge in [-0.1, -0.05) is 13.8 Å². The predicted octanol–water partition coefficient (Wildman–Crippen LogP) is 1.71. The van der Waals surface area contributed by atoms with E-state index in [1.54, 1.807) is 18.3 Å². The van der Waals surface area contributed by atoms with Crippen molar-refractivity contribution in [2.75, 3.05) is 31.1 Å². The van der Waals surface area contributed by atoms with Gasteiger partial charge in [-0.2, -0.15) is 5.26 Å². The minimum Gasteiger partial charge on any atom is -0.346 e. The van der Waals surface area contributed by atoms with Crippen molar-refractivity contribution in [3.63, 3.8) is 0 Å². The maximum Gasteiger partial charge on any atom is 0.238 e. The number of piperazine rings is 1. The molecule has 7 heteroatoms. The number of nitrogens with zero attached hydrogens (tertiary/aromatic N) is 4. The average Bonchev–Trinajstić information content (AvgIpc) is 3.08. The van der Waals surface area contributed by atoms with Crippen LogP contribution in [0.25, 0.3) is 0 Å². The molecule has 0 aliphatic carbocycles. The summed E-state index contributed by atoms with van der Waals surface area (Å²) in [5.41, 5.74) is -0.825. The number of rotatable bonds is 5. The molecule has 2 atom stereocenters. The Kier molecular flexibility index (Phi) is 5.60. The van der Waals surface area contributed by atoms with E-state index in [-0.39, 0.29) is 17.9 Å². The highest BCUT2D eigenvalue weighted by molar-refractivity contribution is 7.13. The van der Waals surface area contributed by atoms with Gasteiger partial charge in [0.2, 0.25) is 5.91 Å². The largest absolute Gasteiger partial charge is 0.346 e. The summed E-state index contributed by atoms with van der Waals surface area (Å²) >= 11 is 1.64. The molecule has 2 rings (SSSR count). The molecule has 1 saturated heterocycles. The number of carbonyl (C=O) groups excluding carboxylic acids is 1. The fraction of sp³-hybridized carbons (Fsp3) is 0.688. The van der Waals surface area contributed by atoms with Crippen LogP contribution in [0.15, 0.2) is 11.6 Å². The summed E-state index contributed by atoms with van der Waals surface area (Å²) in [4.78, 5) is 21.3. The fourth-order valence-electron chi connectivity index (χ4n) is 2.50. The van der Waals surface area contributed by atoms with E-state index in [1.165, 1.54) is 0 Å². The second-order valence-corrected chi connectivity index (χ2v) is 7.34. The van der Waals surface area contributed by atoms with Crippen molar-refractivity contribution in [3.8, 4) is 6.07 Å². The predicted molar refractivity (Wildman–Crippen MR) is 92.4 cm³/mol. The maximum absolute atomic E-state index is 12.5. The van der Waals surface area contributed by atoms with E-state index in [4.69, 9.17) is 0 Å². The van der Waals surface area contributed by atoms with Crippen LogP contribution < -0.4 is 10.2 Å². The number of nitriles is 1. The van der Waals surface area contributed by atoms with E-state index in [0.717, 1.165) is 31.3 Å². The zero-order valence-corrected chi connectivity index (χ0v) is 15.1. The fourth-order valence-corrected chi connectivity index (χ4v) is 3.20. The number of hydrogen-bond acceptors (Lipinski definition) is 6. The SMILES string of the molecule is CC(C)[C@@](C)(C#N)NC(=O)[C@@H](C)N1CCN(c2nccs2)CC1. The van der Waals surface area contributed by atoms with Crippen molar-refractivity contribution in [3.05, 3.63) is 11.6 Å². The van der Waals surface area contributed by atoms with Gasteiger partial charge in [0.1, 0.15) is 5.54 Å².